The number of primary amides is 1. The summed E-state index contributed by atoms with van der Waals surface area (Å²) in [7, 11) is 0. The predicted molar refractivity (Wildman–Crippen MR) is 91.4 cm³/mol. The first-order valence-electron chi connectivity index (χ1n) is 6.96. The fourth-order valence-corrected chi connectivity index (χ4v) is 2.57. The topological polar surface area (TPSA) is 115 Å². The van der Waals surface area contributed by atoms with E-state index >= 15 is 0 Å². The van der Waals surface area contributed by atoms with Crippen molar-refractivity contribution in [3.63, 3.8) is 0 Å². The molecule has 2 amide bonds. The molecule has 0 aliphatic heterocycles. The second-order valence-corrected chi connectivity index (χ2v) is 5.94. The van der Waals surface area contributed by atoms with Crippen LogP contribution in [0.4, 0.5) is 5.69 Å². The summed E-state index contributed by atoms with van der Waals surface area (Å²) in [5, 5.41) is 13.6. The van der Waals surface area contributed by atoms with E-state index in [9.17, 15) is 19.7 Å². The molecule has 7 nitrogen and oxygen atoms in total. The summed E-state index contributed by atoms with van der Waals surface area (Å²) in [4.78, 5) is 34.4. The van der Waals surface area contributed by atoms with E-state index in [1.165, 1.54) is 18.2 Å². The van der Waals surface area contributed by atoms with Crippen LogP contribution in [0.3, 0.4) is 0 Å². The minimum absolute atomic E-state index is 0.0633. The van der Waals surface area contributed by atoms with Crippen molar-refractivity contribution in [3.8, 4) is 0 Å². The van der Waals surface area contributed by atoms with Gasteiger partial charge >= 0.3 is 0 Å². The number of hydrogen-bond acceptors (Lipinski definition) is 4. The number of halogens is 1. The average Bonchev–Trinajstić information content (AvgIpc) is 2.54. The number of rotatable bonds is 6. The molecule has 3 N–H and O–H groups in total. The highest BCUT2D eigenvalue weighted by atomic mass is 79.9. The average molecular weight is 392 g/mol. The zero-order chi connectivity index (χ0) is 17.7. The van der Waals surface area contributed by atoms with E-state index in [1.807, 2.05) is 0 Å². The Kier molecular flexibility index (Phi) is 5.64. The number of nitro benzene ring substituents is 1. The van der Waals surface area contributed by atoms with Crippen molar-refractivity contribution in [1.82, 2.24) is 5.32 Å². The summed E-state index contributed by atoms with van der Waals surface area (Å²) in [6, 6.07) is 11.6. The Balaban J connectivity index is 2.20. The number of para-hydroxylation sites is 1. The largest absolute Gasteiger partial charge is 0.368 e. The van der Waals surface area contributed by atoms with Crippen molar-refractivity contribution < 1.29 is 14.5 Å². The molecule has 0 aliphatic rings. The van der Waals surface area contributed by atoms with Gasteiger partial charge in [0, 0.05) is 28.1 Å². The first kappa shape index (κ1) is 17.6. The number of carbonyl (C=O) groups excluding carboxylic acids is 2. The number of amides is 2. The molecule has 0 aromatic heterocycles. The summed E-state index contributed by atoms with van der Waals surface area (Å²) >= 11 is 3.26. The molecule has 0 saturated carbocycles. The first-order chi connectivity index (χ1) is 11.4. The van der Waals surface area contributed by atoms with E-state index in [0.717, 1.165) is 0 Å². The van der Waals surface area contributed by atoms with Gasteiger partial charge in [-0.15, -0.1) is 0 Å². The normalized spacial score (nSPS) is 11.5. The van der Waals surface area contributed by atoms with Gasteiger partial charge in [0.2, 0.25) is 5.91 Å². The van der Waals surface area contributed by atoms with Crippen LogP contribution in [0, 0.1) is 10.1 Å². The minimum atomic E-state index is -1.06. The molecule has 8 heteroatoms. The molecule has 0 heterocycles. The van der Waals surface area contributed by atoms with E-state index in [0.29, 0.717) is 15.6 Å². The molecule has 0 unspecified atom stereocenters. The Labute approximate surface area is 146 Å². The lowest BCUT2D eigenvalue weighted by Crippen LogP contribution is -2.45. The molecule has 124 valence electrons. The summed E-state index contributed by atoms with van der Waals surface area (Å²) in [6.07, 6.45) is -0.0633. The van der Waals surface area contributed by atoms with Crippen LogP contribution in [-0.4, -0.2) is 22.8 Å². The quantitative estimate of drug-likeness (QED) is 0.579. The summed E-state index contributed by atoms with van der Waals surface area (Å²) < 4.78 is 0.712. The zero-order valence-corrected chi connectivity index (χ0v) is 14.0. The number of nitrogens with one attached hydrogen (secondary N) is 1. The van der Waals surface area contributed by atoms with Gasteiger partial charge < -0.3 is 11.1 Å². The predicted octanol–water partition coefficient (Wildman–Crippen LogP) is 2.18. The zero-order valence-electron chi connectivity index (χ0n) is 12.4. The number of carbonyl (C=O) groups is 2. The van der Waals surface area contributed by atoms with Crippen molar-refractivity contribution in [2.24, 2.45) is 5.73 Å². The number of nitro groups is 1. The maximum Gasteiger partial charge on any atom is 0.272 e. The van der Waals surface area contributed by atoms with Crippen LogP contribution in [-0.2, 0) is 11.2 Å². The van der Waals surface area contributed by atoms with Crippen LogP contribution < -0.4 is 11.1 Å². The van der Waals surface area contributed by atoms with Crippen LogP contribution in [0.2, 0.25) is 0 Å². The Hall–Kier alpha value is -2.74. The van der Waals surface area contributed by atoms with Crippen molar-refractivity contribution in [3.05, 3.63) is 74.2 Å². The maximum absolute atomic E-state index is 12.2. The van der Waals surface area contributed by atoms with Gasteiger partial charge in [-0.2, -0.15) is 0 Å². The molecule has 2 aromatic rings. The number of hydrogen-bond donors (Lipinski definition) is 2. The molecule has 2 aromatic carbocycles. The van der Waals surface area contributed by atoms with Gasteiger partial charge in [0.1, 0.15) is 6.04 Å². The summed E-state index contributed by atoms with van der Waals surface area (Å²) in [5.74, 6) is -1.25. The van der Waals surface area contributed by atoms with Crippen molar-refractivity contribution >= 4 is 33.4 Å². The van der Waals surface area contributed by atoms with Gasteiger partial charge in [-0.05, 0) is 18.2 Å². The van der Waals surface area contributed by atoms with Gasteiger partial charge in [0.05, 0.1) is 4.92 Å². The molecular weight excluding hydrogens is 378 g/mol. The van der Waals surface area contributed by atoms with Crippen LogP contribution in [0.5, 0.6) is 0 Å². The minimum Gasteiger partial charge on any atom is -0.368 e. The van der Waals surface area contributed by atoms with Crippen LogP contribution in [0.15, 0.2) is 53.0 Å². The molecule has 0 fully saturated rings. The van der Waals surface area contributed by atoms with Gasteiger partial charge in [-0.25, -0.2) is 0 Å². The third-order valence-electron chi connectivity index (χ3n) is 3.35. The van der Waals surface area contributed by atoms with Gasteiger partial charge in [0.15, 0.2) is 0 Å². The standard InChI is InChI=1S/C16H14BrN3O4/c17-12-6-3-5-11(8-12)16(22)19-13(15(18)21)9-10-4-1-2-7-14(10)20(23)24/h1-8,13H,9H2,(H2,18,21)(H,19,22)/t13-/m1/s1. The highest BCUT2D eigenvalue weighted by Crippen LogP contribution is 2.19. The lowest BCUT2D eigenvalue weighted by Gasteiger charge is -2.16. The van der Waals surface area contributed by atoms with Gasteiger partial charge in [0.25, 0.3) is 11.6 Å². The van der Waals surface area contributed by atoms with Crippen LogP contribution >= 0.6 is 15.9 Å². The fraction of sp³-hybridized carbons (Fsp3) is 0.125. The Morgan fingerprint density at radius 3 is 2.54 bits per heavy atom. The van der Waals surface area contributed by atoms with Gasteiger partial charge in [-0.3, -0.25) is 19.7 Å². The fourth-order valence-electron chi connectivity index (χ4n) is 2.18. The molecular formula is C16H14BrN3O4. The smallest absolute Gasteiger partial charge is 0.272 e. The SMILES string of the molecule is NC(=O)[C@@H](Cc1ccccc1[N+](=O)[O-])NC(=O)c1cccc(Br)c1. The Morgan fingerprint density at radius 1 is 1.21 bits per heavy atom. The Morgan fingerprint density at radius 2 is 1.92 bits per heavy atom. The highest BCUT2D eigenvalue weighted by molar-refractivity contribution is 9.10. The van der Waals surface area contributed by atoms with Crippen molar-refractivity contribution in [2.75, 3.05) is 0 Å². The maximum atomic E-state index is 12.2. The van der Waals surface area contributed by atoms with E-state index < -0.39 is 22.8 Å². The molecule has 0 aliphatic carbocycles. The van der Waals surface area contributed by atoms with Crippen molar-refractivity contribution in [1.29, 1.82) is 0 Å². The third kappa shape index (κ3) is 4.39. The summed E-state index contributed by atoms with van der Waals surface area (Å²) in [6.45, 7) is 0. The van der Waals surface area contributed by atoms with E-state index in [4.69, 9.17) is 5.73 Å². The third-order valence-corrected chi connectivity index (χ3v) is 3.84. The van der Waals surface area contributed by atoms with E-state index in [1.54, 1.807) is 30.3 Å². The molecule has 2 rings (SSSR count). The second-order valence-electron chi connectivity index (χ2n) is 5.03. The molecule has 1 atom stereocenters. The van der Waals surface area contributed by atoms with Gasteiger partial charge in [-0.1, -0.05) is 40.2 Å². The number of nitrogens with two attached hydrogens (primary N) is 1. The van der Waals surface area contributed by atoms with E-state index in [-0.39, 0.29) is 12.1 Å². The summed E-state index contributed by atoms with van der Waals surface area (Å²) in [5.41, 5.74) is 5.88. The monoisotopic (exact) mass is 391 g/mol. The highest BCUT2D eigenvalue weighted by Gasteiger charge is 2.23. The molecule has 0 spiro atoms. The molecule has 24 heavy (non-hydrogen) atoms. The molecule has 0 saturated heterocycles. The lowest BCUT2D eigenvalue weighted by molar-refractivity contribution is -0.385. The molecule has 0 bridgehead atoms. The first-order valence-corrected chi connectivity index (χ1v) is 7.76. The van der Waals surface area contributed by atoms with Crippen molar-refractivity contribution in [2.45, 2.75) is 12.5 Å². The van der Waals surface area contributed by atoms with E-state index in [2.05, 4.69) is 21.2 Å². The number of nitrogens with zero attached hydrogens (tertiary/aromatic N) is 1. The number of benzene rings is 2. The van der Waals surface area contributed by atoms with Crippen LogP contribution in [0.25, 0.3) is 0 Å². The van der Waals surface area contributed by atoms with Crippen LogP contribution in [0.1, 0.15) is 15.9 Å². The lowest BCUT2D eigenvalue weighted by atomic mass is 10.0. The second kappa shape index (κ2) is 7.69. The molecule has 0 radical (unpaired) electrons. The Bertz CT molecular complexity index is 794.